The molecule has 0 aliphatic rings. The van der Waals surface area contributed by atoms with E-state index in [4.69, 9.17) is 5.11 Å². The molecule has 0 aliphatic heterocycles. The van der Waals surface area contributed by atoms with Crippen LogP contribution in [0.5, 0.6) is 0 Å². The zero-order chi connectivity index (χ0) is 15.1. The zero-order valence-corrected chi connectivity index (χ0v) is 11.0. The highest BCUT2D eigenvalue weighted by Crippen LogP contribution is 2.17. The van der Waals surface area contributed by atoms with Crippen LogP contribution in [0.3, 0.4) is 0 Å². The minimum Gasteiger partial charge on any atom is -0.480 e. The minimum atomic E-state index is -4.62. The topological polar surface area (TPSA) is 60.9 Å². The van der Waals surface area contributed by atoms with Crippen molar-refractivity contribution in [2.75, 3.05) is 26.2 Å². The van der Waals surface area contributed by atoms with E-state index in [9.17, 15) is 22.8 Å². The highest BCUT2D eigenvalue weighted by molar-refractivity contribution is 5.80. The number of carbonyl (C=O) groups excluding carboxylic acids is 1. The van der Waals surface area contributed by atoms with Crippen LogP contribution in [0.15, 0.2) is 0 Å². The van der Waals surface area contributed by atoms with Crippen LogP contribution in [0.25, 0.3) is 0 Å². The number of rotatable bonds is 7. The van der Waals surface area contributed by atoms with Crippen LogP contribution in [-0.2, 0) is 4.79 Å². The van der Waals surface area contributed by atoms with E-state index in [0.29, 0.717) is 17.9 Å². The van der Waals surface area contributed by atoms with E-state index >= 15 is 0 Å². The number of halogens is 3. The molecule has 0 aromatic rings. The Balaban J connectivity index is 4.80. The number of carboxylic acid groups (broad SMARTS) is 1. The van der Waals surface area contributed by atoms with Crippen molar-refractivity contribution in [3.05, 3.63) is 0 Å². The van der Waals surface area contributed by atoms with Crippen LogP contribution >= 0.6 is 0 Å². The second-order valence-corrected chi connectivity index (χ2v) is 4.08. The van der Waals surface area contributed by atoms with Gasteiger partial charge in [-0.3, -0.25) is 4.79 Å². The summed E-state index contributed by atoms with van der Waals surface area (Å²) in [4.78, 5) is 24.0. The maximum atomic E-state index is 12.3. The Morgan fingerprint density at radius 3 is 2.11 bits per heavy atom. The maximum absolute atomic E-state index is 12.3. The predicted molar refractivity (Wildman–Crippen MR) is 62.8 cm³/mol. The molecule has 0 rings (SSSR count). The first-order valence-corrected chi connectivity index (χ1v) is 6.03. The molecule has 0 saturated heterocycles. The third kappa shape index (κ3) is 7.53. The predicted octanol–water partition coefficient (Wildman–Crippen LogP) is 2.18. The van der Waals surface area contributed by atoms with Crippen molar-refractivity contribution in [2.45, 2.75) is 32.9 Å². The van der Waals surface area contributed by atoms with Crippen LogP contribution in [0.4, 0.5) is 18.0 Å². The number of nitrogens with zero attached hydrogens (tertiary/aromatic N) is 2. The van der Waals surface area contributed by atoms with Crippen molar-refractivity contribution in [1.82, 2.24) is 9.80 Å². The van der Waals surface area contributed by atoms with Gasteiger partial charge in [0.05, 0.1) is 0 Å². The molecule has 1 N–H and O–H groups in total. The van der Waals surface area contributed by atoms with E-state index in [2.05, 4.69) is 0 Å². The molecule has 0 atom stereocenters. The Hall–Kier alpha value is -1.47. The van der Waals surface area contributed by atoms with Gasteiger partial charge in [-0.2, -0.15) is 13.2 Å². The third-order valence-electron chi connectivity index (χ3n) is 2.40. The Morgan fingerprint density at radius 1 is 1.16 bits per heavy atom. The molecule has 0 unspecified atom stereocenters. The van der Waals surface area contributed by atoms with Gasteiger partial charge in [-0.1, -0.05) is 13.3 Å². The number of urea groups is 1. The van der Waals surface area contributed by atoms with Gasteiger partial charge in [-0.05, 0) is 13.3 Å². The zero-order valence-electron chi connectivity index (χ0n) is 11.0. The molecule has 0 saturated carbocycles. The lowest BCUT2D eigenvalue weighted by Gasteiger charge is -2.29. The molecular formula is C11H19F3N2O3. The van der Waals surface area contributed by atoms with Gasteiger partial charge in [0, 0.05) is 13.1 Å². The number of unbranched alkanes of at least 4 members (excludes halogenated alkanes) is 1. The molecule has 112 valence electrons. The van der Waals surface area contributed by atoms with Crippen molar-refractivity contribution in [2.24, 2.45) is 0 Å². The molecule has 0 aromatic carbocycles. The van der Waals surface area contributed by atoms with Crippen molar-refractivity contribution in [1.29, 1.82) is 0 Å². The third-order valence-corrected chi connectivity index (χ3v) is 2.40. The second kappa shape index (κ2) is 7.85. The van der Waals surface area contributed by atoms with Gasteiger partial charge in [0.15, 0.2) is 0 Å². The molecule has 8 heteroatoms. The SMILES string of the molecule is CCCCN(CC)C(=O)N(CC(=O)O)CC(F)(F)F. The summed E-state index contributed by atoms with van der Waals surface area (Å²) < 4.78 is 37.0. The first-order valence-electron chi connectivity index (χ1n) is 6.03. The molecule has 0 heterocycles. The summed E-state index contributed by atoms with van der Waals surface area (Å²) in [5.41, 5.74) is 0. The number of carboxylic acids is 1. The van der Waals surface area contributed by atoms with Crippen LogP contribution in [0, 0.1) is 0 Å². The normalized spacial score (nSPS) is 11.2. The Kier molecular flexibility index (Phi) is 7.25. The van der Waals surface area contributed by atoms with Gasteiger partial charge in [-0.25, -0.2) is 4.79 Å². The van der Waals surface area contributed by atoms with Gasteiger partial charge in [-0.15, -0.1) is 0 Å². The summed E-state index contributed by atoms with van der Waals surface area (Å²) in [6.07, 6.45) is -3.16. The Morgan fingerprint density at radius 2 is 1.74 bits per heavy atom. The van der Waals surface area contributed by atoms with Crippen LogP contribution in [0.2, 0.25) is 0 Å². The average Bonchev–Trinajstić information content (AvgIpc) is 2.26. The summed E-state index contributed by atoms with van der Waals surface area (Å²) >= 11 is 0. The van der Waals surface area contributed by atoms with Crippen LogP contribution < -0.4 is 0 Å². The monoisotopic (exact) mass is 284 g/mol. The summed E-state index contributed by atoms with van der Waals surface area (Å²) in [5.74, 6) is -1.47. The molecular weight excluding hydrogens is 265 g/mol. The van der Waals surface area contributed by atoms with Gasteiger partial charge in [0.1, 0.15) is 13.1 Å². The van der Waals surface area contributed by atoms with Gasteiger partial charge in [0.2, 0.25) is 0 Å². The number of amides is 2. The van der Waals surface area contributed by atoms with E-state index < -0.39 is 31.3 Å². The molecule has 0 spiro atoms. The quantitative estimate of drug-likeness (QED) is 0.779. The van der Waals surface area contributed by atoms with Crippen molar-refractivity contribution in [3.63, 3.8) is 0 Å². The average molecular weight is 284 g/mol. The van der Waals surface area contributed by atoms with Crippen molar-refractivity contribution < 1.29 is 27.9 Å². The van der Waals surface area contributed by atoms with Crippen molar-refractivity contribution in [3.8, 4) is 0 Å². The first-order chi connectivity index (χ1) is 8.71. The second-order valence-electron chi connectivity index (χ2n) is 4.08. The summed E-state index contributed by atoms with van der Waals surface area (Å²) in [7, 11) is 0. The molecule has 2 amide bonds. The number of hydrogen-bond acceptors (Lipinski definition) is 2. The van der Waals surface area contributed by atoms with Gasteiger partial charge in [0.25, 0.3) is 0 Å². The maximum Gasteiger partial charge on any atom is 0.406 e. The fourth-order valence-electron chi connectivity index (χ4n) is 1.51. The Labute approximate surface area is 110 Å². The van der Waals surface area contributed by atoms with Crippen molar-refractivity contribution >= 4 is 12.0 Å². The van der Waals surface area contributed by atoms with E-state index in [1.54, 1.807) is 6.92 Å². The minimum absolute atomic E-state index is 0.243. The fourth-order valence-corrected chi connectivity index (χ4v) is 1.51. The molecule has 0 aromatic heterocycles. The summed E-state index contributed by atoms with van der Waals surface area (Å²) in [6, 6.07) is -0.893. The lowest BCUT2D eigenvalue weighted by atomic mass is 10.3. The van der Waals surface area contributed by atoms with E-state index in [-0.39, 0.29) is 6.54 Å². The van der Waals surface area contributed by atoms with Gasteiger partial charge < -0.3 is 14.9 Å². The first kappa shape index (κ1) is 17.5. The summed E-state index contributed by atoms with van der Waals surface area (Å²) in [5, 5.41) is 8.58. The number of hydrogen-bond donors (Lipinski definition) is 1. The van der Waals surface area contributed by atoms with Crippen LogP contribution in [0.1, 0.15) is 26.7 Å². The molecule has 5 nitrogen and oxygen atoms in total. The molecule has 0 radical (unpaired) electrons. The molecule has 0 bridgehead atoms. The smallest absolute Gasteiger partial charge is 0.406 e. The van der Waals surface area contributed by atoms with E-state index in [0.717, 1.165) is 6.42 Å². The molecule has 0 fully saturated rings. The standard InChI is InChI=1S/C11H19F3N2O3/c1-3-5-6-15(4-2)10(19)16(7-9(17)18)8-11(12,13)14/h3-8H2,1-2H3,(H,17,18). The largest absolute Gasteiger partial charge is 0.480 e. The lowest BCUT2D eigenvalue weighted by molar-refractivity contribution is -0.149. The van der Waals surface area contributed by atoms with E-state index in [1.165, 1.54) is 4.90 Å². The van der Waals surface area contributed by atoms with Crippen LogP contribution in [-0.4, -0.2) is 59.3 Å². The fraction of sp³-hybridized carbons (Fsp3) is 0.818. The highest BCUT2D eigenvalue weighted by atomic mass is 19.4. The Bertz CT molecular complexity index is 308. The number of alkyl halides is 3. The van der Waals surface area contributed by atoms with E-state index in [1.807, 2.05) is 6.92 Å². The van der Waals surface area contributed by atoms with Gasteiger partial charge >= 0.3 is 18.2 Å². The lowest BCUT2D eigenvalue weighted by Crippen LogP contribution is -2.49. The number of aliphatic carboxylic acids is 1. The number of carbonyl (C=O) groups is 2. The molecule has 0 aliphatic carbocycles. The molecule has 19 heavy (non-hydrogen) atoms. The highest BCUT2D eigenvalue weighted by Gasteiger charge is 2.35. The summed E-state index contributed by atoms with van der Waals surface area (Å²) in [6.45, 7) is 1.58.